The van der Waals surface area contributed by atoms with Crippen LogP contribution in [-0.4, -0.2) is 64.4 Å². The van der Waals surface area contributed by atoms with Crippen molar-refractivity contribution in [1.29, 1.82) is 0 Å². The summed E-state index contributed by atoms with van der Waals surface area (Å²) in [6, 6.07) is -0.0692. The average molecular weight is 351 g/mol. The number of allylic oxidation sites excluding steroid dienone is 1. The van der Waals surface area contributed by atoms with Gasteiger partial charge in [-0.15, -0.1) is 0 Å². The van der Waals surface area contributed by atoms with Gasteiger partial charge in [-0.2, -0.15) is 4.98 Å². The minimum absolute atomic E-state index is 0.0496. The summed E-state index contributed by atoms with van der Waals surface area (Å²) in [5.41, 5.74) is 0. The highest BCUT2D eigenvalue weighted by Gasteiger charge is 2.34. The fourth-order valence-electron chi connectivity index (χ4n) is 3.49. The molecule has 0 spiro atoms. The van der Waals surface area contributed by atoms with Gasteiger partial charge < -0.3 is 14.7 Å². The zero-order valence-electron chi connectivity index (χ0n) is 14.8. The summed E-state index contributed by atoms with van der Waals surface area (Å²) >= 11 is 0. The molecule has 0 radical (unpaired) electrons. The number of hydrogen-bond donors (Lipinski definition) is 1. The lowest BCUT2D eigenvalue weighted by atomic mass is 10.0. The molecule has 3 rings (SSSR count). The Morgan fingerprint density at radius 1 is 1.56 bits per heavy atom. The van der Waals surface area contributed by atoms with E-state index in [2.05, 4.69) is 21.5 Å². The number of rotatable bonds is 5. The number of halogens is 1. The van der Waals surface area contributed by atoms with Gasteiger partial charge in [0.2, 0.25) is 5.89 Å². The van der Waals surface area contributed by atoms with Crippen molar-refractivity contribution < 1.29 is 13.7 Å². The lowest BCUT2D eigenvalue weighted by Gasteiger charge is -2.29. The Hall–Kier alpha value is -1.96. The highest BCUT2D eigenvalue weighted by Crippen LogP contribution is 2.23. The molecule has 2 aliphatic rings. The van der Waals surface area contributed by atoms with Crippen LogP contribution in [0.1, 0.15) is 37.4 Å². The maximum Gasteiger partial charge on any atom is 0.317 e. The van der Waals surface area contributed by atoms with Gasteiger partial charge in [0.25, 0.3) is 0 Å². The second-order valence-electron chi connectivity index (χ2n) is 6.94. The summed E-state index contributed by atoms with van der Waals surface area (Å²) in [6.45, 7) is 2.97. The number of urea groups is 1. The molecule has 1 aliphatic carbocycles. The fraction of sp³-hybridized carbons (Fsp3) is 0.706. The van der Waals surface area contributed by atoms with Crippen LogP contribution in [0.5, 0.6) is 0 Å². The van der Waals surface area contributed by atoms with E-state index in [1.165, 1.54) is 0 Å². The molecular formula is C17H26FN5O2. The molecule has 1 aromatic rings. The van der Waals surface area contributed by atoms with E-state index in [1.54, 1.807) is 18.9 Å². The molecule has 138 valence electrons. The zero-order valence-corrected chi connectivity index (χ0v) is 14.8. The lowest BCUT2D eigenvalue weighted by Crippen LogP contribution is -2.47. The summed E-state index contributed by atoms with van der Waals surface area (Å²) in [5, 5.41) is 6.90. The minimum atomic E-state index is -0.893. The summed E-state index contributed by atoms with van der Waals surface area (Å²) in [4.78, 5) is 20.2. The monoisotopic (exact) mass is 351 g/mol. The Morgan fingerprint density at radius 2 is 2.40 bits per heavy atom. The summed E-state index contributed by atoms with van der Waals surface area (Å²) in [6.07, 6.45) is 6.81. The topological polar surface area (TPSA) is 74.5 Å². The van der Waals surface area contributed by atoms with Crippen LogP contribution < -0.4 is 5.32 Å². The first kappa shape index (κ1) is 17.8. The van der Waals surface area contributed by atoms with E-state index in [1.807, 2.05) is 11.0 Å². The molecule has 3 atom stereocenters. The summed E-state index contributed by atoms with van der Waals surface area (Å²) in [5.74, 6) is 1.05. The van der Waals surface area contributed by atoms with Gasteiger partial charge >= 0.3 is 6.03 Å². The molecule has 1 fully saturated rings. The van der Waals surface area contributed by atoms with Crippen molar-refractivity contribution >= 4 is 6.03 Å². The Labute approximate surface area is 147 Å². The van der Waals surface area contributed by atoms with E-state index >= 15 is 0 Å². The van der Waals surface area contributed by atoms with Crippen LogP contribution in [0.2, 0.25) is 0 Å². The molecule has 8 heteroatoms. The van der Waals surface area contributed by atoms with Crippen molar-refractivity contribution in [1.82, 2.24) is 25.3 Å². The third-order valence-corrected chi connectivity index (χ3v) is 4.79. The first-order valence-electron chi connectivity index (χ1n) is 8.87. The van der Waals surface area contributed by atoms with Gasteiger partial charge in [-0.3, -0.25) is 4.90 Å². The second-order valence-corrected chi connectivity index (χ2v) is 6.94. The van der Waals surface area contributed by atoms with E-state index in [0.29, 0.717) is 37.8 Å². The first-order valence-corrected chi connectivity index (χ1v) is 8.87. The number of nitrogens with zero attached hydrogens (tertiary/aromatic N) is 4. The van der Waals surface area contributed by atoms with Crippen LogP contribution in [0.4, 0.5) is 9.18 Å². The molecule has 25 heavy (non-hydrogen) atoms. The molecule has 0 aromatic carbocycles. The van der Waals surface area contributed by atoms with Crippen LogP contribution in [0.15, 0.2) is 16.7 Å². The number of carbonyl (C=O) groups is 1. The number of hydrogen-bond acceptors (Lipinski definition) is 5. The molecule has 1 aliphatic heterocycles. The predicted molar refractivity (Wildman–Crippen MR) is 90.7 cm³/mol. The number of carbonyl (C=O) groups excluding carboxylic acids is 1. The molecule has 1 N–H and O–H groups in total. The predicted octanol–water partition coefficient (Wildman–Crippen LogP) is 2.04. The standard InChI is InChI=1S/C17H26FN5O2/c1-12-19-16(21-25-12)11-23-9-13(18)8-15(23)10-22(2)17(24)20-14-6-4-3-5-7-14/h4,6,13-15H,3,5,7-11H2,1-2H3,(H,20,24)/t13-,14?,15-/m0/s1. The van der Waals surface area contributed by atoms with Gasteiger partial charge in [0.05, 0.1) is 6.54 Å². The van der Waals surface area contributed by atoms with Crippen LogP contribution >= 0.6 is 0 Å². The van der Waals surface area contributed by atoms with Crippen molar-refractivity contribution in [2.45, 2.75) is 57.4 Å². The van der Waals surface area contributed by atoms with Gasteiger partial charge in [0.1, 0.15) is 6.17 Å². The van der Waals surface area contributed by atoms with Crippen molar-refractivity contribution in [3.8, 4) is 0 Å². The molecule has 2 heterocycles. The minimum Gasteiger partial charge on any atom is -0.340 e. The van der Waals surface area contributed by atoms with Crippen molar-refractivity contribution in [2.75, 3.05) is 20.1 Å². The fourth-order valence-corrected chi connectivity index (χ4v) is 3.49. The number of amides is 2. The number of nitrogens with one attached hydrogen (secondary N) is 1. The van der Waals surface area contributed by atoms with Crippen molar-refractivity contribution in [3.63, 3.8) is 0 Å². The molecule has 1 saturated heterocycles. The van der Waals surface area contributed by atoms with E-state index in [0.717, 1.165) is 19.3 Å². The Kier molecular flexibility index (Phi) is 5.67. The van der Waals surface area contributed by atoms with Crippen LogP contribution in [0.25, 0.3) is 0 Å². The maximum absolute atomic E-state index is 13.9. The van der Waals surface area contributed by atoms with Crippen molar-refractivity contribution in [3.05, 3.63) is 23.9 Å². The molecule has 1 aromatic heterocycles. The number of likely N-dealkylation sites (tertiary alicyclic amines) is 1. The smallest absolute Gasteiger partial charge is 0.317 e. The Morgan fingerprint density at radius 3 is 3.08 bits per heavy atom. The zero-order chi connectivity index (χ0) is 17.8. The number of alkyl halides is 1. The van der Waals surface area contributed by atoms with E-state index in [4.69, 9.17) is 4.52 Å². The number of aromatic nitrogens is 2. The molecule has 0 bridgehead atoms. The van der Waals surface area contributed by atoms with Gasteiger partial charge in [0.15, 0.2) is 5.82 Å². The largest absolute Gasteiger partial charge is 0.340 e. The third kappa shape index (κ3) is 4.78. The van der Waals surface area contributed by atoms with Gasteiger partial charge in [-0.25, -0.2) is 9.18 Å². The van der Waals surface area contributed by atoms with Crippen LogP contribution in [-0.2, 0) is 6.54 Å². The molecule has 2 amide bonds. The third-order valence-electron chi connectivity index (χ3n) is 4.79. The van der Waals surface area contributed by atoms with Gasteiger partial charge in [-0.1, -0.05) is 17.3 Å². The molecular weight excluding hydrogens is 325 g/mol. The van der Waals surface area contributed by atoms with Crippen LogP contribution in [0, 0.1) is 6.92 Å². The normalized spacial score (nSPS) is 26.8. The Bertz CT molecular complexity index is 620. The number of aryl methyl sites for hydroxylation is 1. The number of likely N-dealkylation sites (N-methyl/N-ethyl adjacent to an activating group) is 1. The quantitative estimate of drug-likeness (QED) is 0.822. The van der Waals surface area contributed by atoms with Gasteiger partial charge in [-0.05, 0) is 25.7 Å². The molecule has 1 unspecified atom stereocenters. The Balaban J connectivity index is 1.54. The second kappa shape index (κ2) is 7.95. The maximum atomic E-state index is 13.9. The van der Waals surface area contributed by atoms with E-state index < -0.39 is 6.17 Å². The van der Waals surface area contributed by atoms with E-state index in [9.17, 15) is 9.18 Å². The highest BCUT2D eigenvalue weighted by atomic mass is 19.1. The van der Waals surface area contributed by atoms with Crippen LogP contribution in [0.3, 0.4) is 0 Å². The average Bonchev–Trinajstić information content (AvgIpc) is 3.14. The highest BCUT2D eigenvalue weighted by molar-refractivity contribution is 5.74. The first-order chi connectivity index (χ1) is 12.0. The summed E-state index contributed by atoms with van der Waals surface area (Å²) < 4.78 is 18.9. The van der Waals surface area contributed by atoms with E-state index in [-0.39, 0.29) is 18.1 Å². The molecule has 7 nitrogen and oxygen atoms in total. The SMILES string of the molecule is Cc1nc(CN2C[C@@H](F)C[C@H]2CN(C)C(=O)NC2C=CCCC2)no1. The summed E-state index contributed by atoms with van der Waals surface area (Å²) in [7, 11) is 1.75. The lowest BCUT2D eigenvalue weighted by molar-refractivity contribution is 0.170. The van der Waals surface area contributed by atoms with Crippen molar-refractivity contribution in [2.24, 2.45) is 0 Å². The molecule has 0 saturated carbocycles. The van der Waals surface area contributed by atoms with Gasteiger partial charge in [0, 0.05) is 39.1 Å².